The molecule has 4 nitrogen and oxygen atoms in total. The van der Waals surface area contributed by atoms with Gasteiger partial charge < -0.3 is 9.84 Å². The lowest BCUT2D eigenvalue weighted by Crippen LogP contribution is -2.08. The molecule has 0 fully saturated rings. The molecule has 0 saturated carbocycles. The van der Waals surface area contributed by atoms with E-state index in [1.807, 2.05) is 0 Å². The third-order valence-electron chi connectivity index (χ3n) is 3.32. The zero-order valence-corrected chi connectivity index (χ0v) is 12.7. The summed E-state index contributed by atoms with van der Waals surface area (Å²) in [5.41, 5.74) is 1.36. The average Bonchev–Trinajstić information content (AvgIpc) is 2.51. The van der Waals surface area contributed by atoms with Crippen LogP contribution in [0.15, 0.2) is 42.5 Å². The molecule has 0 aliphatic heterocycles. The maximum absolute atomic E-state index is 12.8. The van der Waals surface area contributed by atoms with Gasteiger partial charge in [-0.15, -0.1) is 0 Å². The van der Waals surface area contributed by atoms with Crippen LogP contribution in [0.5, 0.6) is 5.75 Å². The number of rotatable bonds is 6. The van der Waals surface area contributed by atoms with Crippen LogP contribution < -0.4 is 0 Å². The first-order valence-electron chi connectivity index (χ1n) is 7.23. The second kappa shape index (κ2) is 7.54. The molecule has 120 valence electrons. The molecular formula is C18H17FO4. The van der Waals surface area contributed by atoms with Crippen molar-refractivity contribution >= 4 is 11.8 Å². The van der Waals surface area contributed by atoms with Gasteiger partial charge in [-0.3, -0.25) is 4.79 Å². The molecule has 2 rings (SSSR count). The van der Waals surface area contributed by atoms with Gasteiger partial charge in [0.2, 0.25) is 0 Å². The number of ketones is 1. The zero-order chi connectivity index (χ0) is 16.8. The van der Waals surface area contributed by atoms with E-state index >= 15 is 0 Å². The van der Waals surface area contributed by atoms with Gasteiger partial charge >= 0.3 is 5.97 Å². The zero-order valence-electron chi connectivity index (χ0n) is 12.7. The van der Waals surface area contributed by atoms with Crippen molar-refractivity contribution in [2.45, 2.75) is 19.8 Å². The van der Waals surface area contributed by atoms with Crippen molar-refractivity contribution in [3.8, 4) is 5.75 Å². The number of ether oxygens (including phenoxy) is 1. The number of Topliss-reactive ketones (excluding diaryl/α,β-unsaturated/α-hetero) is 1. The third-order valence-corrected chi connectivity index (χ3v) is 3.32. The number of aryl methyl sites for hydroxylation is 1. The van der Waals surface area contributed by atoms with E-state index in [2.05, 4.69) is 0 Å². The molecule has 5 heteroatoms. The Balaban J connectivity index is 1.79. The molecule has 0 radical (unpaired) electrons. The van der Waals surface area contributed by atoms with Gasteiger partial charge in [0.25, 0.3) is 0 Å². The predicted octanol–water partition coefficient (Wildman–Crippen LogP) is 3.66. The second-order valence-corrected chi connectivity index (χ2v) is 5.19. The number of phenolic OH excluding ortho intramolecular Hbond substituents is 1. The lowest BCUT2D eigenvalue weighted by molar-refractivity contribution is 0.0491. The maximum atomic E-state index is 12.8. The van der Waals surface area contributed by atoms with Gasteiger partial charge in [-0.1, -0.05) is 6.07 Å². The molecule has 0 aromatic heterocycles. The van der Waals surface area contributed by atoms with Crippen LogP contribution in [-0.2, 0) is 4.74 Å². The van der Waals surface area contributed by atoms with Crippen LogP contribution in [0.1, 0.15) is 39.1 Å². The van der Waals surface area contributed by atoms with E-state index in [0.717, 1.165) is 5.56 Å². The highest BCUT2D eigenvalue weighted by Crippen LogP contribution is 2.19. The Morgan fingerprint density at radius 3 is 2.48 bits per heavy atom. The smallest absolute Gasteiger partial charge is 0.341 e. The lowest BCUT2D eigenvalue weighted by Gasteiger charge is -2.07. The van der Waals surface area contributed by atoms with E-state index < -0.39 is 11.8 Å². The molecule has 0 aliphatic rings. The van der Waals surface area contributed by atoms with Crippen molar-refractivity contribution in [2.24, 2.45) is 0 Å². The Hall–Kier alpha value is -2.69. The SMILES string of the molecule is Cc1ccc(C(=O)OCCCC(=O)c2ccc(F)cc2)c(O)c1. The van der Waals surface area contributed by atoms with Crippen molar-refractivity contribution in [3.05, 3.63) is 65.0 Å². The largest absolute Gasteiger partial charge is 0.507 e. The van der Waals surface area contributed by atoms with Gasteiger partial charge in [0.1, 0.15) is 17.1 Å². The summed E-state index contributed by atoms with van der Waals surface area (Å²) in [6.07, 6.45) is 0.549. The lowest BCUT2D eigenvalue weighted by atomic mass is 10.1. The number of phenols is 1. The van der Waals surface area contributed by atoms with Crippen molar-refractivity contribution in [2.75, 3.05) is 6.61 Å². The molecule has 23 heavy (non-hydrogen) atoms. The normalized spacial score (nSPS) is 10.3. The third kappa shape index (κ3) is 4.64. The number of hydrogen-bond donors (Lipinski definition) is 1. The maximum Gasteiger partial charge on any atom is 0.341 e. The molecule has 0 amide bonds. The topological polar surface area (TPSA) is 63.6 Å². The van der Waals surface area contributed by atoms with Crippen LogP contribution in [0.4, 0.5) is 4.39 Å². The first-order valence-corrected chi connectivity index (χ1v) is 7.23. The van der Waals surface area contributed by atoms with Gasteiger partial charge in [-0.25, -0.2) is 9.18 Å². The van der Waals surface area contributed by atoms with Gasteiger partial charge in [0.15, 0.2) is 5.78 Å². The Labute approximate surface area is 133 Å². The van der Waals surface area contributed by atoms with Crippen LogP contribution in [0.2, 0.25) is 0 Å². The van der Waals surface area contributed by atoms with E-state index in [4.69, 9.17) is 4.74 Å². The van der Waals surface area contributed by atoms with Crippen LogP contribution in [-0.4, -0.2) is 23.5 Å². The second-order valence-electron chi connectivity index (χ2n) is 5.19. The molecule has 0 atom stereocenters. The van der Waals surface area contributed by atoms with Crippen LogP contribution in [0, 0.1) is 12.7 Å². The number of esters is 1. The molecule has 2 aromatic carbocycles. The van der Waals surface area contributed by atoms with Crippen LogP contribution in [0.25, 0.3) is 0 Å². The quantitative estimate of drug-likeness (QED) is 0.502. The van der Waals surface area contributed by atoms with Gasteiger partial charge in [0.05, 0.1) is 6.61 Å². The molecule has 2 aromatic rings. The summed E-state index contributed by atoms with van der Waals surface area (Å²) >= 11 is 0. The van der Waals surface area contributed by atoms with Gasteiger partial charge in [0, 0.05) is 12.0 Å². The summed E-state index contributed by atoms with van der Waals surface area (Å²) < 4.78 is 17.8. The Kier molecular flexibility index (Phi) is 5.46. The Bertz CT molecular complexity index is 707. The highest BCUT2D eigenvalue weighted by Gasteiger charge is 2.13. The molecule has 1 N–H and O–H groups in total. The standard InChI is InChI=1S/C18H17FO4/c1-12-4-9-15(17(21)11-12)18(22)23-10-2-3-16(20)13-5-7-14(19)8-6-13/h4-9,11,21H,2-3,10H2,1H3. The van der Waals surface area contributed by atoms with E-state index in [1.165, 1.54) is 36.4 Å². The number of aromatic hydroxyl groups is 1. The number of halogens is 1. The molecular weight excluding hydrogens is 299 g/mol. The van der Waals surface area contributed by atoms with Gasteiger partial charge in [-0.2, -0.15) is 0 Å². The van der Waals surface area contributed by atoms with E-state index in [0.29, 0.717) is 12.0 Å². The number of carbonyl (C=O) groups is 2. The summed E-state index contributed by atoms with van der Waals surface area (Å²) in [5.74, 6) is -1.29. The van der Waals surface area contributed by atoms with E-state index in [9.17, 15) is 19.1 Å². The minimum Gasteiger partial charge on any atom is -0.507 e. The number of carbonyl (C=O) groups excluding carboxylic acids is 2. The fourth-order valence-corrected chi connectivity index (χ4v) is 2.07. The average molecular weight is 316 g/mol. The van der Waals surface area contributed by atoms with E-state index in [-0.39, 0.29) is 30.1 Å². The fourth-order valence-electron chi connectivity index (χ4n) is 2.07. The summed E-state index contributed by atoms with van der Waals surface area (Å²) in [6.45, 7) is 1.87. The van der Waals surface area contributed by atoms with Crippen LogP contribution in [0.3, 0.4) is 0 Å². The minimum absolute atomic E-state index is 0.0685. The Morgan fingerprint density at radius 1 is 1.13 bits per heavy atom. The van der Waals surface area contributed by atoms with E-state index in [1.54, 1.807) is 13.0 Å². The highest BCUT2D eigenvalue weighted by molar-refractivity contribution is 5.96. The van der Waals surface area contributed by atoms with Crippen molar-refractivity contribution in [3.63, 3.8) is 0 Å². The van der Waals surface area contributed by atoms with Crippen molar-refractivity contribution in [1.82, 2.24) is 0 Å². The van der Waals surface area contributed by atoms with Crippen molar-refractivity contribution in [1.29, 1.82) is 0 Å². The molecule has 0 bridgehead atoms. The first kappa shape index (κ1) is 16.7. The minimum atomic E-state index is -0.628. The molecule has 0 heterocycles. The Morgan fingerprint density at radius 2 is 1.83 bits per heavy atom. The summed E-state index contributed by atoms with van der Waals surface area (Å²) in [6, 6.07) is 9.99. The summed E-state index contributed by atoms with van der Waals surface area (Å²) in [7, 11) is 0. The van der Waals surface area contributed by atoms with Gasteiger partial charge in [-0.05, 0) is 55.3 Å². The first-order chi connectivity index (χ1) is 11.0. The number of benzene rings is 2. The highest BCUT2D eigenvalue weighted by atomic mass is 19.1. The molecule has 0 saturated heterocycles. The summed E-state index contributed by atoms with van der Waals surface area (Å²) in [5, 5.41) is 9.69. The summed E-state index contributed by atoms with van der Waals surface area (Å²) in [4.78, 5) is 23.7. The monoisotopic (exact) mass is 316 g/mol. The predicted molar refractivity (Wildman–Crippen MR) is 83.1 cm³/mol. The molecule has 0 unspecified atom stereocenters. The molecule has 0 aliphatic carbocycles. The van der Waals surface area contributed by atoms with Crippen molar-refractivity contribution < 1.29 is 23.8 Å². The fraction of sp³-hybridized carbons (Fsp3) is 0.222. The van der Waals surface area contributed by atoms with Crippen LogP contribution >= 0.6 is 0 Å². The molecule has 0 spiro atoms. The number of hydrogen-bond acceptors (Lipinski definition) is 4.